The average molecular weight is 291 g/mol. The minimum Gasteiger partial charge on any atom is -0.314 e. The lowest BCUT2D eigenvalue weighted by molar-refractivity contribution is 0.211. The van der Waals surface area contributed by atoms with Gasteiger partial charge in [-0.25, -0.2) is 0 Å². The minimum absolute atomic E-state index is 0. The van der Waals surface area contributed by atoms with E-state index < -0.39 is 0 Å². The third-order valence-corrected chi connectivity index (χ3v) is 3.21. The van der Waals surface area contributed by atoms with Gasteiger partial charge in [0, 0.05) is 32.7 Å². The first-order valence-corrected chi connectivity index (χ1v) is 6.31. The third-order valence-electron chi connectivity index (χ3n) is 3.21. The molecule has 1 heterocycles. The van der Waals surface area contributed by atoms with Gasteiger partial charge in [-0.3, -0.25) is 0 Å². The summed E-state index contributed by atoms with van der Waals surface area (Å²) in [5.74, 6) is 0.750. The molecule has 1 unspecified atom stereocenters. The topological polar surface area (TPSA) is 15.3 Å². The van der Waals surface area contributed by atoms with Crippen LogP contribution in [0.5, 0.6) is 0 Å². The van der Waals surface area contributed by atoms with Crippen LogP contribution in [0.1, 0.15) is 12.5 Å². The molecule has 0 saturated carbocycles. The molecule has 0 bridgehead atoms. The molecule has 1 saturated heterocycles. The summed E-state index contributed by atoms with van der Waals surface area (Å²) in [6, 6.07) is 10.8. The van der Waals surface area contributed by atoms with Gasteiger partial charge in [0.05, 0.1) is 0 Å². The Morgan fingerprint density at radius 3 is 2.33 bits per heavy atom. The van der Waals surface area contributed by atoms with Gasteiger partial charge in [0.15, 0.2) is 0 Å². The van der Waals surface area contributed by atoms with Gasteiger partial charge in [0.25, 0.3) is 0 Å². The van der Waals surface area contributed by atoms with Gasteiger partial charge in [0.2, 0.25) is 0 Å². The van der Waals surface area contributed by atoms with Crippen molar-refractivity contribution in [2.24, 2.45) is 5.92 Å². The predicted molar refractivity (Wildman–Crippen MR) is 83.1 cm³/mol. The number of hydrogen-bond donors (Lipinski definition) is 1. The Kier molecular flexibility index (Phi) is 9.47. The fourth-order valence-electron chi connectivity index (χ4n) is 2.42. The van der Waals surface area contributed by atoms with Gasteiger partial charge in [-0.05, 0) is 17.9 Å². The summed E-state index contributed by atoms with van der Waals surface area (Å²) in [7, 11) is 0. The summed E-state index contributed by atoms with van der Waals surface area (Å²) in [5, 5.41) is 3.40. The number of nitrogens with one attached hydrogen (secondary N) is 1. The fourth-order valence-corrected chi connectivity index (χ4v) is 2.42. The Balaban J connectivity index is 0.00000144. The van der Waals surface area contributed by atoms with Crippen LogP contribution in [0.3, 0.4) is 0 Å². The summed E-state index contributed by atoms with van der Waals surface area (Å²) in [5.41, 5.74) is 1.46. The zero-order valence-electron chi connectivity index (χ0n) is 11.0. The first-order valence-electron chi connectivity index (χ1n) is 6.31. The highest BCUT2D eigenvalue weighted by atomic mass is 35.5. The smallest absolute Gasteiger partial charge is 0.0107 e. The van der Waals surface area contributed by atoms with E-state index in [2.05, 4.69) is 47.5 Å². The molecule has 18 heavy (non-hydrogen) atoms. The third kappa shape index (κ3) is 6.05. The van der Waals surface area contributed by atoms with Crippen molar-refractivity contribution in [2.45, 2.75) is 13.3 Å². The lowest BCUT2D eigenvalue weighted by atomic mass is 10.0. The molecule has 0 amide bonds. The standard InChI is InChI=1S/C14H22N2.2ClH/c1-13(11-14-5-3-2-4-6-14)12-16-9-7-15-8-10-16;;/h2-6,13,15H,7-12H2,1H3;2*1H. The average Bonchev–Trinajstić information content (AvgIpc) is 2.31. The van der Waals surface area contributed by atoms with Crippen LogP contribution in [0, 0.1) is 5.92 Å². The molecule has 1 aliphatic rings. The molecule has 104 valence electrons. The first-order chi connectivity index (χ1) is 7.84. The van der Waals surface area contributed by atoms with Crippen molar-refractivity contribution in [2.75, 3.05) is 32.7 Å². The zero-order valence-corrected chi connectivity index (χ0v) is 12.6. The summed E-state index contributed by atoms with van der Waals surface area (Å²) in [6.07, 6.45) is 1.20. The van der Waals surface area contributed by atoms with Crippen LogP contribution >= 0.6 is 24.8 Å². The predicted octanol–water partition coefficient (Wildman–Crippen LogP) is 2.61. The minimum atomic E-state index is 0. The van der Waals surface area contributed by atoms with Crippen LogP contribution < -0.4 is 5.32 Å². The molecular weight excluding hydrogens is 267 g/mol. The normalized spacial score (nSPS) is 17.4. The van der Waals surface area contributed by atoms with Gasteiger partial charge in [0.1, 0.15) is 0 Å². The number of nitrogens with zero attached hydrogens (tertiary/aromatic N) is 1. The van der Waals surface area contributed by atoms with Gasteiger partial charge in [-0.15, -0.1) is 24.8 Å². The van der Waals surface area contributed by atoms with Crippen LogP contribution in [-0.2, 0) is 6.42 Å². The first kappa shape index (κ1) is 17.7. The van der Waals surface area contributed by atoms with Crippen molar-refractivity contribution >= 4 is 24.8 Å². The number of hydrogen-bond acceptors (Lipinski definition) is 2. The van der Waals surface area contributed by atoms with Crippen molar-refractivity contribution < 1.29 is 0 Å². The summed E-state index contributed by atoms with van der Waals surface area (Å²) in [4.78, 5) is 2.57. The van der Waals surface area contributed by atoms with E-state index in [4.69, 9.17) is 0 Å². The molecule has 1 aliphatic heterocycles. The van der Waals surface area contributed by atoms with Crippen molar-refractivity contribution in [1.29, 1.82) is 0 Å². The number of piperazine rings is 1. The van der Waals surface area contributed by atoms with Crippen molar-refractivity contribution in [3.8, 4) is 0 Å². The molecule has 4 heteroatoms. The lowest BCUT2D eigenvalue weighted by Crippen LogP contribution is -2.45. The van der Waals surface area contributed by atoms with Crippen LogP contribution in [0.2, 0.25) is 0 Å². The molecule has 1 aromatic rings. The summed E-state index contributed by atoms with van der Waals surface area (Å²) < 4.78 is 0. The second-order valence-electron chi connectivity index (χ2n) is 4.85. The second kappa shape index (κ2) is 9.62. The Morgan fingerprint density at radius 1 is 1.11 bits per heavy atom. The Labute approximate surface area is 123 Å². The number of halogens is 2. The Morgan fingerprint density at radius 2 is 1.72 bits per heavy atom. The molecule has 2 nitrogen and oxygen atoms in total. The highest BCUT2D eigenvalue weighted by Gasteiger charge is 2.13. The Hall–Kier alpha value is -0.280. The van der Waals surface area contributed by atoms with Crippen molar-refractivity contribution in [3.63, 3.8) is 0 Å². The zero-order chi connectivity index (χ0) is 11.2. The van der Waals surface area contributed by atoms with E-state index in [0.29, 0.717) is 0 Å². The molecular formula is C14H24Cl2N2. The van der Waals surface area contributed by atoms with E-state index in [1.807, 2.05) is 0 Å². The maximum Gasteiger partial charge on any atom is 0.0107 e. The molecule has 0 radical (unpaired) electrons. The molecule has 0 aromatic heterocycles. The van der Waals surface area contributed by atoms with Gasteiger partial charge < -0.3 is 10.2 Å². The van der Waals surface area contributed by atoms with E-state index in [-0.39, 0.29) is 24.8 Å². The highest BCUT2D eigenvalue weighted by Crippen LogP contribution is 2.10. The Bertz CT molecular complexity index is 300. The van der Waals surface area contributed by atoms with Crippen LogP contribution in [-0.4, -0.2) is 37.6 Å². The molecule has 2 rings (SSSR count). The molecule has 1 fully saturated rings. The second-order valence-corrected chi connectivity index (χ2v) is 4.85. The fraction of sp³-hybridized carbons (Fsp3) is 0.571. The van der Waals surface area contributed by atoms with Crippen LogP contribution in [0.15, 0.2) is 30.3 Å². The van der Waals surface area contributed by atoms with E-state index in [0.717, 1.165) is 19.0 Å². The highest BCUT2D eigenvalue weighted by molar-refractivity contribution is 5.85. The SMILES string of the molecule is CC(Cc1ccccc1)CN1CCNCC1.Cl.Cl. The molecule has 1 N–H and O–H groups in total. The molecule has 1 atom stereocenters. The quantitative estimate of drug-likeness (QED) is 0.917. The monoisotopic (exact) mass is 290 g/mol. The van der Waals surface area contributed by atoms with Gasteiger partial charge >= 0.3 is 0 Å². The van der Waals surface area contributed by atoms with Gasteiger partial charge in [-0.1, -0.05) is 37.3 Å². The van der Waals surface area contributed by atoms with Crippen molar-refractivity contribution in [3.05, 3.63) is 35.9 Å². The van der Waals surface area contributed by atoms with Crippen LogP contribution in [0.25, 0.3) is 0 Å². The van der Waals surface area contributed by atoms with Crippen molar-refractivity contribution in [1.82, 2.24) is 10.2 Å². The lowest BCUT2D eigenvalue weighted by Gasteiger charge is -2.29. The van der Waals surface area contributed by atoms with Crippen LogP contribution in [0.4, 0.5) is 0 Å². The largest absolute Gasteiger partial charge is 0.314 e. The maximum atomic E-state index is 3.40. The van der Waals surface area contributed by atoms with E-state index in [9.17, 15) is 0 Å². The van der Waals surface area contributed by atoms with Gasteiger partial charge in [-0.2, -0.15) is 0 Å². The van der Waals surface area contributed by atoms with E-state index in [1.54, 1.807) is 0 Å². The summed E-state index contributed by atoms with van der Waals surface area (Å²) in [6.45, 7) is 8.31. The maximum absolute atomic E-state index is 3.40. The molecule has 0 spiro atoms. The molecule has 0 aliphatic carbocycles. The summed E-state index contributed by atoms with van der Waals surface area (Å²) >= 11 is 0. The molecule has 1 aromatic carbocycles. The van der Waals surface area contributed by atoms with E-state index in [1.165, 1.54) is 31.6 Å². The number of rotatable bonds is 4. The van der Waals surface area contributed by atoms with E-state index >= 15 is 0 Å². The number of benzene rings is 1.